The number of rotatable bonds is 4. The molecule has 1 unspecified atom stereocenters. The number of hydrogen-bond donors (Lipinski definition) is 1. The fourth-order valence-electron chi connectivity index (χ4n) is 2.10. The molecule has 0 heterocycles. The van der Waals surface area contributed by atoms with E-state index >= 15 is 0 Å². The minimum Gasteiger partial charge on any atom is -0.345 e. The minimum absolute atomic E-state index is 0.0731. The van der Waals surface area contributed by atoms with Gasteiger partial charge >= 0.3 is 0 Å². The molecule has 0 spiro atoms. The predicted molar refractivity (Wildman–Crippen MR) is 80.8 cm³/mol. The van der Waals surface area contributed by atoms with Crippen molar-refractivity contribution in [3.05, 3.63) is 47.3 Å². The summed E-state index contributed by atoms with van der Waals surface area (Å²) in [6, 6.07) is 6.15. The first-order valence-corrected chi connectivity index (χ1v) is 6.98. The smallest absolute Gasteiger partial charge is 0.247 e. The predicted octanol–water partition coefficient (Wildman–Crippen LogP) is 4.39. The molecule has 0 fully saturated rings. The molecule has 2 nitrogen and oxygen atoms in total. The van der Waals surface area contributed by atoms with Crippen LogP contribution in [0.1, 0.15) is 52.6 Å². The van der Waals surface area contributed by atoms with Gasteiger partial charge in [0.2, 0.25) is 5.91 Å². The number of allylic oxidation sites excluding steroid dienone is 1. The van der Waals surface area contributed by atoms with Gasteiger partial charge < -0.3 is 5.32 Å². The second kappa shape index (κ2) is 6.69. The van der Waals surface area contributed by atoms with Gasteiger partial charge in [0, 0.05) is 5.57 Å². The maximum Gasteiger partial charge on any atom is 0.247 e. The summed E-state index contributed by atoms with van der Waals surface area (Å²) >= 11 is 0. The van der Waals surface area contributed by atoms with Crippen molar-refractivity contribution in [1.29, 1.82) is 0 Å². The summed E-state index contributed by atoms with van der Waals surface area (Å²) in [7, 11) is 0. The number of halogens is 1. The van der Waals surface area contributed by atoms with Crippen molar-refractivity contribution < 1.29 is 9.18 Å². The molecule has 0 saturated carbocycles. The van der Waals surface area contributed by atoms with Crippen molar-refractivity contribution in [2.45, 2.75) is 47.1 Å². The van der Waals surface area contributed by atoms with Crippen LogP contribution in [-0.4, -0.2) is 5.91 Å². The fourth-order valence-corrected chi connectivity index (χ4v) is 2.10. The summed E-state index contributed by atoms with van der Waals surface area (Å²) in [5.74, 6) is -0.342. The molecule has 1 N–H and O–H groups in total. The summed E-state index contributed by atoms with van der Waals surface area (Å²) in [5.41, 5.74) is 1.47. The first-order chi connectivity index (χ1) is 9.25. The van der Waals surface area contributed by atoms with Crippen LogP contribution < -0.4 is 5.32 Å². The molecule has 1 aromatic rings. The van der Waals surface area contributed by atoms with Crippen LogP contribution in [0.3, 0.4) is 0 Å². The molecule has 3 heteroatoms. The fraction of sp³-hybridized carbons (Fsp3) is 0.471. The molecule has 20 heavy (non-hydrogen) atoms. The molecule has 0 bridgehead atoms. The number of carbonyl (C=O) groups is 1. The van der Waals surface area contributed by atoms with Crippen LogP contribution in [-0.2, 0) is 4.79 Å². The van der Waals surface area contributed by atoms with Crippen LogP contribution in [0.15, 0.2) is 35.9 Å². The highest BCUT2D eigenvalue weighted by molar-refractivity contribution is 5.93. The van der Waals surface area contributed by atoms with E-state index in [-0.39, 0.29) is 23.2 Å². The number of hydrogen-bond acceptors (Lipinski definition) is 1. The monoisotopic (exact) mass is 277 g/mol. The molecule has 1 amide bonds. The second-order valence-corrected chi connectivity index (χ2v) is 6.12. The highest BCUT2D eigenvalue weighted by atomic mass is 19.1. The van der Waals surface area contributed by atoms with Crippen molar-refractivity contribution in [2.24, 2.45) is 5.41 Å². The Morgan fingerprint density at radius 3 is 2.30 bits per heavy atom. The third-order valence-corrected chi connectivity index (χ3v) is 3.21. The van der Waals surface area contributed by atoms with Crippen molar-refractivity contribution in [1.82, 2.24) is 5.32 Å². The van der Waals surface area contributed by atoms with Gasteiger partial charge in [0.05, 0.1) is 6.04 Å². The Morgan fingerprint density at radius 2 is 1.85 bits per heavy atom. The van der Waals surface area contributed by atoms with Gasteiger partial charge in [-0.15, -0.1) is 0 Å². The lowest BCUT2D eigenvalue weighted by molar-refractivity contribution is -0.119. The maximum atomic E-state index is 13.0. The Bertz CT molecular complexity index is 483. The molecule has 0 aliphatic heterocycles. The van der Waals surface area contributed by atoms with Crippen LogP contribution in [0.4, 0.5) is 4.39 Å². The van der Waals surface area contributed by atoms with Crippen molar-refractivity contribution >= 4 is 5.91 Å². The third-order valence-electron chi connectivity index (χ3n) is 3.21. The van der Waals surface area contributed by atoms with Gasteiger partial charge in [0.1, 0.15) is 5.82 Å². The third kappa shape index (κ3) is 4.48. The van der Waals surface area contributed by atoms with Crippen LogP contribution in [0, 0.1) is 11.2 Å². The number of carbonyl (C=O) groups excluding carboxylic acids is 1. The van der Waals surface area contributed by atoms with Gasteiger partial charge in [-0.25, -0.2) is 4.39 Å². The zero-order valence-corrected chi connectivity index (χ0v) is 13.0. The molecule has 0 aliphatic rings. The number of benzene rings is 1. The second-order valence-electron chi connectivity index (χ2n) is 6.12. The van der Waals surface area contributed by atoms with Crippen molar-refractivity contribution in [3.63, 3.8) is 0 Å². The van der Waals surface area contributed by atoms with Gasteiger partial charge in [-0.05, 0) is 36.5 Å². The molecule has 1 atom stereocenters. The Hall–Kier alpha value is -1.64. The summed E-state index contributed by atoms with van der Waals surface area (Å²) in [6.45, 7) is 9.97. The van der Waals surface area contributed by atoms with E-state index in [2.05, 4.69) is 26.1 Å². The van der Waals surface area contributed by atoms with Crippen LogP contribution in [0.25, 0.3) is 0 Å². The Labute approximate surface area is 121 Å². The normalized spacial score (nSPS) is 14.0. The molecule has 110 valence electrons. The van der Waals surface area contributed by atoms with E-state index in [1.807, 2.05) is 19.9 Å². The molecule has 0 aliphatic carbocycles. The lowest BCUT2D eigenvalue weighted by Crippen LogP contribution is -2.37. The van der Waals surface area contributed by atoms with Crippen molar-refractivity contribution in [3.8, 4) is 0 Å². The summed E-state index contributed by atoms with van der Waals surface area (Å²) in [5, 5.41) is 3.05. The minimum atomic E-state index is -0.269. The van der Waals surface area contributed by atoms with E-state index in [1.165, 1.54) is 12.1 Å². The first-order valence-electron chi connectivity index (χ1n) is 6.98. The van der Waals surface area contributed by atoms with Gasteiger partial charge in [-0.1, -0.05) is 45.9 Å². The van der Waals surface area contributed by atoms with Crippen LogP contribution >= 0.6 is 0 Å². The van der Waals surface area contributed by atoms with E-state index < -0.39 is 0 Å². The molecule has 0 radical (unpaired) electrons. The maximum absolute atomic E-state index is 13.0. The molecule has 1 aromatic carbocycles. The van der Waals surface area contributed by atoms with Gasteiger partial charge in [-0.2, -0.15) is 0 Å². The van der Waals surface area contributed by atoms with E-state index in [9.17, 15) is 9.18 Å². The largest absolute Gasteiger partial charge is 0.345 e. The molecular formula is C17H24FNO. The van der Waals surface area contributed by atoms with E-state index in [4.69, 9.17) is 0 Å². The number of amides is 1. The van der Waals surface area contributed by atoms with Crippen molar-refractivity contribution in [2.75, 3.05) is 0 Å². The topological polar surface area (TPSA) is 29.1 Å². The van der Waals surface area contributed by atoms with E-state index in [0.717, 1.165) is 12.0 Å². The Morgan fingerprint density at radius 1 is 1.30 bits per heavy atom. The molecule has 1 rings (SSSR count). The molecule has 0 saturated heterocycles. The first kappa shape index (κ1) is 16.4. The summed E-state index contributed by atoms with van der Waals surface area (Å²) in [4.78, 5) is 12.2. The summed E-state index contributed by atoms with van der Waals surface area (Å²) < 4.78 is 13.0. The van der Waals surface area contributed by atoms with E-state index in [0.29, 0.717) is 5.57 Å². The van der Waals surface area contributed by atoms with E-state index in [1.54, 1.807) is 12.1 Å². The van der Waals surface area contributed by atoms with Gasteiger partial charge in [0.25, 0.3) is 0 Å². The lowest BCUT2D eigenvalue weighted by Gasteiger charge is -2.32. The van der Waals surface area contributed by atoms with Crippen LogP contribution in [0.2, 0.25) is 0 Å². The van der Waals surface area contributed by atoms with Crippen LogP contribution in [0.5, 0.6) is 0 Å². The SMILES string of the molecule is CC/C=C(\C)C(=O)NC(c1ccc(F)cc1)C(C)(C)C. The molecular weight excluding hydrogens is 253 g/mol. The number of nitrogens with one attached hydrogen (secondary N) is 1. The standard InChI is InChI=1S/C17H24FNO/c1-6-7-12(2)16(20)19-15(17(3,4)5)13-8-10-14(18)11-9-13/h7-11,15H,6H2,1-5H3,(H,19,20)/b12-7+. The highest BCUT2D eigenvalue weighted by Crippen LogP contribution is 2.33. The Kier molecular flexibility index (Phi) is 5.49. The average Bonchev–Trinajstić information content (AvgIpc) is 2.36. The van der Waals surface area contributed by atoms with Gasteiger partial charge in [0.15, 0.2) is 0 Å². The highest BCUT2D eigenvalue weighted by Gasteiger charge is 2.28. The lowest BCUT2D eigenvalue weighted by atomic mass is 9.82. The molecule has 0 aromatic heterocycles. The quantitative estimate of drug-likeness (QED) is 0.813. The van der Waals surface area contributed by atoms with Gasteiger partial charge in [-0.3, -0.25) is 4.79 Å². The Balaban J connectivity index is 3.00. The summed E-state index contributed by atoms with van der Waals surface area (Å²) in [6.07, 6.45) is 2.73. The zero-order chi connectivity index (χ0) is 15.3. The zero-order valence-electron chi connectivity index (χ0n) is 13.0. The average molecular weight is 277 g/mol.